The molecule has 2 aliphatic heterocycles. The normalized spacial score (nSPS) is 26.9. The second kappa shape index (κ2) is 5.31. The molecule has 4 heteroatoms. The first kappa shape index (κ1) is 12.6. The van der Waals surface area contributed by atoms with Gasteiger partial charge in [-0.3, -0.25) is 4.79 Å². The van der Waals surface area contributed by atoms with Crippen LogP contribution in [0.1, 0.15) is 18.9 Å². The van der Waals surface area contributed by atoms with Crippen molar-refractivity contribution >= 4 is 11.6 Å². The van der Waals surface area contributed by atoms with E-state index in [-0.39, 0.29) is 12.0 Å². The molecular weight excluding hydrogens is 240 g/mol. The first-order valence-corrected chi connectivity index (χ1v) is 6.99. The summed E-state index contributed by atoms with van der Waals surface area (Å²) in [7, 11) is 0. The van der Waals surface area contributed by atoms with Crippen LogP contribution in [0.25, 0.3) is 0 Å². The molecule has 1 N–H and O–H groups in total. The minimum Gasteiger partial charge on any atom is -0.368 e. The summed E-state index contributed by atoms with van der Waals surface area (Å²) in [5, 5.41) is 3.36. The number of nitrogens with one attached hydrogen (secondary N) is 1. The molecule has 0 aliphatic carbocycles. The Morgan fingerprint density at radius 2 is 2.26 bits per heavy atom. The number of carbonyl (C=O) groups is 1. The molecular formula is C15H20N2O2. The van der Waals surface area contributed by atoms with E-state index < -0.39 is 0 Å². The van der Waals surface area contributed by atoms with Crippen molar-refractivity contribution in [3.63, 3.8) is 0 Å². The van der Waals surface area contributed by atoms with E-state index in [1.54, 1.807) is 0 Å². The molecule has 1 amide bonds. The Hall–Kier alpha value is -1.39. The van der Waals surface area contributed by atoms with Gasteiger partial charge >= 0.3 is 0 Å². The lowest BCUT2D eigenvalue weighted by Crippen LogP contribution is -2.43. The Kier molecular flexibility index (Phi) is 3.53. The van der Waals surface area contributed by atoms with Crippen molar-refractivity contribution in [1.29, 1.82) is 0 Å². The molecule has 0 radical (unpaired) electrons. The molecule has 1 aromatic rings. The Morgan fingerprint density at radius 3 is 3.05 bits per heavy atom. The van der Waals surface area contributed by atoms with Crippen molar-refractivity contribution in [3.8, 4) is 0 Å². The predicted molar refractivity (Wildman–Crippen MR) is 74.0 cm³/mol. The quantitative estimate of drug-likeness (QED) is 0.833. The fourth-order valence-electron chi connectivity index (χ4n) is 2.85. The lowest BCUT2D eigenvalue weighted by molar-refractivity contribution is -0.128. The van der Waals surface area contributed by atoms with E-state index in [0.717, 1.165) is 25.2 Å². The summed E-state index contributed by atoms with van der Waals surface area (Å²) in [4.78, 5) is 14.6. The van der Waals surface area contributed by atoms with E-state index >= 15 is 0 Å². The number of ether oxygens (including phenoxy) is 1. The third-order valence-electron chi connectivity index (χ3n) is 4.01. The number of nitrogens with zero attached hydrogens (tertiary/aromatic N) is 1. The number of hydrogen-bond acceptors (Lipinski definition) is 3. The number of rotatable bonds is 1. The number of hydrogen-bond donors (Lipinski definition) is 1. The molecule has 19 heavy (non-hydrogen) atoms. The summed E-state index contributed by atoms with van der Waals surface area (Å²) >= 11 is 0. The third-order valence-corrected chi connectivity index (χ3v) is 4.01. The van der Waals surface area contributed by atoms with Crippen LogP contribution in [0.3, 0.4) is 0 Å². The fraction of sp³-hybridized carbons (Fsp3) is 0.533. The minimum absolute atomic E-state index is 0.112. The smallest absolute Gasteiger partial charge is 0.256 e. The molecule has 0 bridgehead atoms. The number of carbonyl (C=O) groups excluding carboxylic acids is 1. The number of anilines is 1. The molecule has 2 aliphatic rings. The first-order chi connectivity index (χ1) is 9.27. The topological polar surface area (TPSA) is 41.6 Å². The van der Waals surface area contributed by atoms with Crippen LogP contribution in [0.4, 0.5) is 5.69 Å². The highest BCUT2D eigenvalue weighted by molar-refractivity contribution is 5.97. The van der Waals surface area contributed by atoms with Gasteiger partial charge in [0.25, 0.3) is 5.91 Å². The monoisotopic (exact) mass is 260 g/mol. The molecule has 1 fully saturated rings. The van der Waals surface area contributed by atoms with Gasteiger partial charge in [-0.25, -0.2) is 0 Å². The van der Waals surface area contributed by atoms with E-state index in [9.17, 15) is 4.79 Å². The molecule has 2 heterocycles. The van der Waals surface area contributed by atoms with Gasteiger partial charge in [-0.15, -0.1) is 0 Å². The molecule has 1 saturated heterocycles. The Bertz CT molecular complexity index is 475. The van der Waals surface area contributed by atoms with Crippen LogP contribution in [-0.2, 0) is 16.1 Å². The second-order valence-corrected chi connectivity index (χ2v) is 5.35. The van der Waals surface area contributed by atoms with Crippen molar-refractivity contribution in [3.05, 3.63) is 29.8 Å². The number of amides is 1. The van der Waals surface area contributed by atoms with Gasteiger partial charge in [0.2, 0.25) is 0 Å². The van der Waals surface area contributed by atoms with E-state index in [4.69, 9.17) is 4.74 Å². The zero-order valence-corrected chi connectivity index (χ0v) is 11.3. The van der Waals surface area contributed by atoms with Gasteiger partial charge < -0.3 is 15.0 Å². The van der Waals surface area contributed by atoms with Gasteiger partial charge in [0, 0.05) is 31.9 Å². The molecule has 4 nitrogen and oxygen atoms in total. The van der Waals surface area contributed by atoms with E-state index in [2.05, 4.69) is 18.3 Å². The average molecular weight is 260 g/mol. The molecule has 0 aromatic heterocycles. The van der Waals surface area contributed by atoms with Crippen molar-refractivity contribution in [1.82, 2.24) is 5.32 Å². The number of benzene rings is 1. The zero-order valence-electron chi connectivity index (χ0n) is 11.3. The number of para-hydroxylation sites is 1. The maximum Gasteiger partial charge on any atom is 0.256 e. The van der Waals surface area contributed by atoms with Gasteiger partial charge in [0.15, 0.2) is 0 Å². The summed E-state index contributed by atoms with van der Waals surface area (Å²) in [6, 6.07) is 8.11. The third kappa shape index (κ3) is 2.38. The Balaban J connectivity index is 1.89. The summed E-state index contributed by atoms with van der Waals surface area (Å²) in [5.74, 6) is 0.428. The van der Waals surface area contributed by atoms with Crippen molar-refractivity contribution < 1.29 is 9.53 Å². The van der Waals surface area contributed by atoms with Gasteiger partial charge in [-0.2, -0.15) is 0 Å². The molecule has 2 unspecified atom stereocenters. The Morgan fingerprint density at radius 1 is 1.42 bits per heavy atom. The lowest BCUT2D eigenvalue weighted by Gasteiger charge is -2.26. The largest absolute Gasteiger partial charge is 0.368 e. The van der Waals surface area contributed by atoms with Gasteiger partial charge in [-0.1, -0.05) is 25.1 Å². The molecule has 0 saturated carbocycles. The highest BCUT2D eigenvalue weighted by Crippen LogP contribution is 2.27. The van der Waals surface area contributed by atoms with Crippen LogP contribution >= 0.6 is 0 Å². The van der Waals surface area contributed by atoms with Crippen LogP contribution in [0, 0.1) is 5.92 Å². The highest BCUT2D eigenvalue weighted by Gasteiger charge is 2.35. The van der Waals surface area contributed by atoms with Crippen LogP contribution in [-0.4, -0.2) is 31.7 Å². The first-order valence-electron chi connectivity index (χ1n) is 6.99. The van der Waals surface area contributed by atoms with Gasteiger partial charge in [-0.05, 0) is 24.0 Å². The van der Waals surface area contributed by atoms with E-state index in [0.29, 0.717) is 19.1 Å². The predicted octanol–water partition coefficient (Wildman–Crippen LogP) is 1.55. The summed E-state index contributed by atoms with van der Waals surface area (Å²) in [6.07, 6.45) is 0.704. The second-order valence-electron chi connectivity index (χ2n) is 5.35. The lowest BCUT2D eigenvalue weighted by atomic mass is 10.0. The van der Waals surface area contributed by atoms with Crippen LogP contribution in [0.15, 0.2) is 24.3 Å². The van der Waals surface area contributed by atoms with Crippen molar-refractivity contribution in [2.45, 2.75) is 26.0 Å². The average Bonchev–Trinajstić information content (AvgIpc) is 2.74. The summed E-state index contributed by atoms with van der Waals surface area (Å²) < 4.78 is 5.62. The SMILES string of the molecule is CC1CCOC1C(=O)N1CCNCc2ccccc21. The maximum absolute atomic E-state index is 12.7. The minimum atomic E-state index is -0.272. The molecule has 0 spiro atoms. The molecule has 102 valence electrons. The molecule has 3 rings (SSSR count). The summed E-state index contributed by atoms with van der Waals surface area (Å²) in [6.45, 7) is 5.15. The fourth-order valence-corrected chi connectivity index (χ4v) is 2.85. The van der Waals surface area contributed by atoms with Crippen LogP contribution in [0.2, 0.25) is 0 Å². The zero-order chi connectivity index (χ0) is 13.2. The van der Waals surface area contributed by atoms with Gasteiger partial charge in [0.05, 0.1) is 0 Å². The summed E-state index contributed by atoms with van der Waals surface area (Å²) in [5.41, 5.74) is 2.21. The maximum atomic E-state index is 12.7. The Labute approximate surface area is 113 Å². The molecule has 2 atom stereocenters. The van der Waals surface area contributed by atoms with Crippen LogP contribution < -0.4 is 10.2 Å². The van der Waals surface area contributed by atoms with E-state index in [1.807, 2.05) is 23.1 Å². The standard InChI is InChI=1S/C15H20N2O2/c1-11-6-9-19-14(11)15(18)17-8-7-16-10-12-4-2-3-5-13(12)17/h2-5,11,14,16H,6-10H2,1H3. The molecule has 1 aromatic carbocycles. The van der Waals surface area contributed by atoms with Crippen molar-refractivity contribution in [2.75, 3.05) is 24.6 Å². The number of fused-ring (bicyclic) bond motifs is 1. The van der Waals surface area contributed by atoms with Crippen LogP contribution in [0.5, 0.6) is 0 Å². The van der Waals surface area contributed by atoms with Gasteiger partial charge in [0.1, 0.15) is 6.10 Å². The van der Waals surface area contributed by atoms with Crippen molar-refractivity contribution in [2.24, 2.45) is 5.92 Å². The highest BCUT2D eigenvalue weighted by atomic mass is 16.5. The van der Waals surface area contributed by atoms with E-state index in [1.165, 1.54) is 5.56 Å².